The number of benzene rings is 2. The first-order valence-electron chi connectivity index (χ1n) is 9.54. The van der Waals surface area contributed by atoms with Crippen LogP contribution in [0.25, 0.3) is 28.3 Å². The molecule has 0 saturated heterocycles. The minimum absolute atomic E-state index is 0.117. The van der Waals surface area contributed by atoms with E-state index in [1.54, 1.807) is 36.5 Å². The Balaban J connectivity index is 1.71. The third kappa shape index (κ3) is 3.43. The van der Waals surface area contributed by atoms with Crippen molar-refractivity contribution in [3.8, 4) is 17.7 Å². The number of imidazole rings is 1. The molecule has 5 rings (SSSR count). The van der Waals surface area contributed by atoms with Gasteiger partial charge in [0.2, 0.25) is 5.88 Å². The van der Waals surface area contributed by atoms with Gasteiger partial charge in [-0.1, -0.05) is 36.4 Å². The molecule has 1 N–H and O–H groups in total. The first-order valence-corrected chi connectivity index (χ1v) is 9.54. The van der Waals surface area contributed by atoms with Crippen molar-refractivity contribution in [1.82, 2.24) is 19.4 Å². The molecule has 31 heavy (non-hydrogen) atoms. The molecule has 7 heteroatoms. The van der Waals surface area contributed by atoms with Crippen LogP contribution >= 0.6 is 0 Å². The van der Waals surface area contributed by atoms with Crippen molar-refractivity contribution >= 4 is 28.3 Å². The van der Waals surface area contributed by atoms with Crippen LogP contribution in [0.4, 0.5) is 0 Å². The number of pyridine rings is 1. The minimum Gasteiger partial charge on any atom is -0.438 e. The quantitative estimate of drug-likeness (QED) is 0.446. The molecule has 7 nitrogen and oxygen atoms in total. The molecule has 3 aromatic heterocycles. The fourth-order valence-electron chi connectivity index (χ4n) is 3.26. The Hall–Kier alpha value is -4.70. The van der Waals surface area contributed by atoms with E-state index in [0.29, 0.717) is 17.2 Å². The van der Waals surface area contributed by atoms with Gasteiger partial charge in [0.05, 0.1) is 16.6 Å². The average molecular weight is 405 g/mol. The van der Waals surface area contributed by atoms with Gasteiger partial charge in [-0.05, 0) is 42.5 Å². The normalized spacial score (nSPS) is 11.5. The van der Waals surface area contributed by atoms with E-state index in [4.69, 9.17) is 4.74 Å². The fourth-order valence-corrected chi connectivity index (χ4v) is 3.26. The molecular formula is C24H15N5O2. The maximum absolute atomic E-state index is 13.3. The van der Waals surface area contributed by atoms with Crippen molar-refractivity contribution in [3.05, 3.63) is 101 Å². The SMILES string of the molecule is N#C/C(=C\c1c(Oc2ccccc2)nc2ccccn2c1=O)c1nc2ccccc2[nH]1. The van der Waals surface area contributed by atoms with Gasteiger partial charge >= 0.3 is 0 Å². The van der Waals surface area contributed by atoms with Crippen LogP contribution in [-0.4, -0.2) is 19.4 Å². The average Bonchev–Trinajstić information content (AvgIpc) is 3.24. The zero-order valence-electron chi connectivity index (χ0n) is 16.2. The molecule has 0 spiro atoms. The monoisotopic (exact) mass is 405 g/mol. The molecule has 3 heterocycles. The van der Waals surface area contributed by atoms with Crippen molar-refractivity contribution in [3.63, 3.8) is 0 Å². The van der Waals surface area contributed by atoms with Crippen LogP contribution in [0.2, 0.25) is 0 Å². The van der Waals surface area contributed by atoms with E-state index in [0.717, 1.165) is 11.0 Å². The highest BCUT2D eigenvalue weighted by Gasteiger charge is 2.16. The highest BCUT2D eigenvalue weighted by molar-refractivity contribution is 5.91. The van der Waals surface area contributed by atoms with Crippen LogP contribution in [0.1, 0.15) is 11.4 Å². The van der Waals surface area contributed by atoms with Crippen LogP contribution in [0.3, 0.4) is 0 Å². The van der Waals surface area contributed by atoms with E-state index in [-0.39, 0.29) is 22.6 Å². The number of para-hydroxylation sites is 3. The molecule has 0 atom stereocenters. The summed E-state index contributed by atoms with van der Waals surface area (Å²) in [6.45, 7) is 0. The zero-order valence-corrected chi connectivity index (χ0v) is 16.2. The molecular weight excluding hydrogens is 390 g/mol. The summed E-state index contributed by atoms with van der Waals surface area (Å²) in [7, 11) is 0. The summed E-state index contributed by atoms with van der Waals surface area (Å²) in [5.74, 6) is 1.02. The van der Waals surface area contributed by atoms with Crippen molar-refractivity contribution < 1.29 is 4.74 Å². The first-order chi connectivity index (χ1) is 15.2. The predicted molar refractivity (Wildman–Crippen MR) is 118 cm³/mol. The van der Waals surface area contributed by atoms with Crippen LogP contribution < -0.4 is 10.3 Å². The smallest absolute Gasteiger partial charge is 0.269 e. The first kappa shape index (κ1) is 18.3. The molecule has 0 radical (unpaired) electrons. The second-order valence-corrected chi connectivity index (χ2v) is 6.75. The molecule has 2 aromatic carbocycles. The summed E-state index contributed by atoms with van der Waals surface area (Å²) < 4.78 is 7.34. The second kappa shape index (κ2) is 7.61. The summed E-state index contributed by atoms with van der Waals surface area (Å²) in [6.07, 6.45) is 3.09. The lowest BCUT2D eigenvalue weighted by Crippen LogP contribution is -2.18. The third-order valence-corrected chi connectivity index (χ3v) is 4.75. The number of aromatic amines is 1. The maximum atomic E-state index is 13.3. The number of rotatable bonds is 4. The van der Waals surface area contributed by atoms with Gasteiger partial charge in [0.15, 0.2) is 0 Å². The largest absolute Gasteiger partial charge is 0.438 e. The van der Waals surface area contributed by atoms with E-state index in [1.807, 2.05) is 42.5 Å². The van der Waals surface area contributed by atoms with Gasteiger partial charge in [0, 0.05) is 6.20 Å². The van der Waals surface area contributed by atoms with E-state index < -0.39 is 0 Å². The molecule has 0 bridgehead atoms. The Morgan fingerprint density at radius 2 is 1.77 bits per heavy atom. The third-order valence-electron chi connectivity index (χ3n) is 4.75. The molecule has 5 aromatic rings. The number of nitriles is 1. The Bertz CT molecular complexity index is 1510. The standard InChI is InChI=1S/C24H15N5O2/c25-15-16(22-26-19-10-4-5-11-20(19)27-22)14-18-23(31-17-8-2-1-3-9-17)28-21-12-6-7-13-29(21)24(18)30/h1-14H,(H,26,27)/b16-14+. The van der Waals surface area contributed by atoms with Gasteiger partial charge in [-0.15, -0.1) is 0 Å². The Morgan fingerprint density at radius 1 is 1.00 bits per heavy atom. The van der Waals surface area contributed by atoms with Gasteiger partial charge < -0.3 is 9.72 Å². The molecule has 0 unspecified atom stereocenters. The highest BCUT2D eigenvalue weighted by atomic mass is 16.5. The number of hydrogen-bond acceptors (Lipinski definition) is 5. The van der Waals surface area contributed by atoms with Gasteiger partial charge in [-0.3, -0.25) is 9.20 Å². The molecule has 0 fully saturated rings. The summed E-state index contributed by atoms with van der Waals surface area (Å²) >= 11 is 0. The topological polar surface area (TPSA) is 96.1 Å². The van der Waals surface area contributed by atoms with Crippen molar-refractivity contribution in [2.45, 2.75) is 0 Å². The molecule has 148 valence electrons. The van der Waals surface area contributed by atoms with Crippen LogP contribution in [0.5, 0.6) is 11.6 Å². The van der Waals surface area contributed by atoms with Crippen LogP contribution in [0, 0.1) is 11.3 Å². The second-order valence-electron chi connectivity index (χ2n) is 6.75. The summed E-state index contributed by atoms with van der Waals surface area (Å²) in [6, 6.07) is 23.9. The number of H-pyrrole nitrogens is 1. The molecule has 0 aliphatic rings. The number of allylic oxidation sites excluding steroid dienone is 1. The van der Waals surface area contributed by atoms with Gasteiger partial charge in [0.1, 0.15) is 28.9 Å². The molecule has 0 aliphatic carbocycles. The minimum atomic E-state index is -0.347. The Morgan fingerprint density at radius 3 is 2.58 bits per heavy atom. The van der Waals surface area contributed by atoms with Crippen molar-refractivity contribution in [2.24, 2.45) is 0 Å². The Labute approximate surface area is 176 Å². The van der Waals surface area contributed by atoms with Gasteiger partial charge in [-0.2, -0.15) is 10.2 Å². The number of ether oxygens (including phenoxy) is 1. The predicted octanol–water partition coefficient (Wildman–Crippen LogP) is 4.43. The fraction of sp³-hybridized carbons (Fsp3) is 0. The summed E-state index contributed by atoms with van der Waals surface area (Å²) in [5.41, 5.74) is 1.98. The van der Waals surface area contributed by atoms with Crippen molar-refractivity contribution in [2.75, 3.05) is 0 Å². The number of aromatic nitrogens is 4. The van der Waals surface area contributed by atoms with Crippen LogP contribution in [-0.2, 0) is 0 Å². The summed E-state index contributed by atoms with van der Waals surface area (Å²) in [5, 5.41) is 9.80. The lowest BCUT2D eigenvalue weighted by molar-refractivity contribution is 0.461. The molecule has 0 saturated carbocycles. The number of nitrogens with one attached hydrogen (secondary N) is 1. The van der Waals surface area contributed by atoms with Crippen LogP contribution in [0.15, 0.2) is 83.8 Å². The lowest BCUT2D eigenvalue weighted by atomic mass is 10.2. The number of nitrogens with zero attached hydrogens (tertiary/aromatic N) is 4. The van der Waals surface area contributed by atoms with E-state index >= 15 is 0 Å². The van der Waals surface area contributed by atoms with E-state index in [9.17, 15) is 10.1 Å². The van der Waals surface area contributed by atoms with Gasteiger partial charge in [0.25, 0.3) is 5.56 Å². The summed E-state index contributed by atoms with van der Waals surface area (Å²) in [4.78, 5) is 25.4. The zero-order chi connectivity index (χ0) is 21.2. The van der Waals surface area contributed by atoms with E-state index in [2.05, 4.69) is 21.0 Å². The van der Waals surface area contributed by atoms with Gasteiger partial charge in [-0.25, -0.2) is 4.98 Å². The number of fused-ring (bicyclic) bond motifs is 2. The maximum Gasteiger partial charge on any atom is 0.269 e. The molecule has 0 amide bonds. The number of hydrogen-bond donors (Lipinski definition) is 1. The van der Waals surface area contributed by atoms with Crippen molar-refractivity contribution in [1.29, 1.82) is 5.26 Å². The Kier molecular flexibility index (Phi) is 4.50. The lowest BCUT2D eigenvalue weighted by Gasteiger charge is -2.10. The molecule has 0 aliphatic heterocycles. The van der Waals surface area contributed by atoms with E-state index in [1.165, 1.54) is 10.5 Å². The highest BCUT2D eigenvalue weighted by Crippen LogP contribution is 2.26.